The summed E-state index contributed by atoms with van der Waals surface area (Å²) in [5.41, 5.74) is -0.612. The van der Waals surface area contributed by atoms with E-state index in [0.717, 1.165) is 18.2 Å². The molecule has 0 spiro atoms. The Morgan fingerprint density at radius 1 is 1.24 bits per heavy atom. The normalized spacial score (nSPS) is 10.1. The van der Waals surface area contributed by atoms with Gasteiger partial charge in [-0.05, 0) is 37.3 Å². The molecular weight excluding hydrogens is 332 g/mol. The van der Waals surface area contributed by atoms with E-state index in [1.165, 1.54) is 18.2 Å². The minimum Gasteiger partial charge on any atom is -0.507 e. The number of hydrogen-bond donors (Lipinski definition) is 3. The highest BCUT2D eigenvalue weighted by Gasteiger charge is 2.19. The monoisotopic (exact) mass is 346 g/mol. The summed E-state index contributed by atoms with van der Waals surface area (Å²) in [5, 5.41) is 31.9. The third kappa shape index (κ3) is 4.02. The number of carbonyl (C=O) groups is 2. The number of ether oxygens (including phenoxy) is 1. The molecule has 0 aliphatic heterocycles. The standard InChI is InChI=1S/C16H14N2O7/c1-2-25-14-6-3-9(7-12(14)18(23)24)15(20)17-10-4-5-13(19)11(8-10)16(21)22/h3-8,19H,2H2,1H3,(H,17,20)(H,21,22). The predicted octanol–water partition coefficient (Wildman–Crippen LogP) is 2.65. The number of anilines is 1. The van der Waals surface area contributed by atoms with E-state index in [0.29, 0.717) is 0 Å². The number of phenols is 1. The highest BCUT2D eigenvalue weighted by Crippen LogP contribution is 2.28. The van der Waals surface area contributed by atoms with Crippen LogP contribution in [0.4, 0.5) is 11.4 Å². The highest BCUT2D eigenvalue weighted by atomic mass is 16.6. The SMILES string of the molecule is CCOc1ccc(C(=O)Nc2ccc(O)c(C(=O)O)c2)cc1[N+](=O)[O-]. The van der Waals surface area contributed by atoms with Crippen molar-refractivity contribution >= 4 is 23.3 Å². The van der Waals surface area contributed by atoms with Crippen LogP contribution >= 0.6 is 0 Å². The molecule has 0 saturated carbocycles. The molecule has 0 unspecified atom stereocenters. The van der Waals surface area contributed by atoms with Gasteiger partial charge < -0.3 is 20.3 Å². The lowest BCUT2D eigenvalue weighted by Crippen LogP contribution is -2.13. The van der Waals surface area contributed by atoms with E-state index in [4.69, 9.17) is 9.84 Å². The third-order valence-electron chi connectivity index (χ3n) is 3.20. The van der Waals surface area contributed by atoms with Crippen molar-refractivity contribution in [1.29, 1.82) is 0 Å². The molecule has 1 amide bonds. The minimum absolute atomic E-state index is 0.0000954. The van der Waals surface area contributed by atoms with Gasteiger partial charge in [-0.3, -0.25) is 14.9 Å². The minimum atomic E-state index is -1.36. The Labute approximate surface area is 141 Å². The lowest BCUT2D eigenvalue weighted by atomic mass is 10.1. The average molecular weight is 346 g/mol. The maximum Gasteiger partial charge on any atom is 0.339 e. The zero-order chi connectivity index (χ0) is 18.6. The number of aromatic hydroxyl groups is 1. The first kappa shape index (κ1) is 17.7. The van der Waals surface area contributed by atoms with E-state index >= 15 is 0 Å². The molecule has 2 aromatic carbocycles. The van der Waals surface area contributed by atoms with Crippen molar-refractivity contribution in [2.45, 2.75) is 6.92 Å². The first-order chi connectivity index (χ1) is 11.8. The summed E-state index contributed by atoms with van der Waals surface area (Å²) >= 11 is 0. The van der Waals surface area contributed by atoms with Crippen LogP contribution in [-0.4, -0.2) is 33.6 Å². The van der Waals surface area contributed by atoms with Crippen molar-refractivity contribution in [2.75, 3.05) is 11.9 Å². The number of carbonyl (C=O) groups excluding carboxylic acids is 1. The first-order valence-electron chi connectivity index (χ1n) is 7.12. The summed E-state index contributed by atoms with van der Waals surface area (Å²) in [6.07, 6.45) is 0. The van der Waals surface area contributed by atoms with Crippen molar-refractivity contribution in [1.82, 2.24) is 0 Å². The lowest BCUT2D eigenvalue weighted by molar-refractivity contribution is -0.385. The fraction of sp³-hybridized carbons (Fsp3) is 0.125. The Hall–Kier alpha value is -3.62. The van der Waals surface area contributed by atoms with Crippen LogP contribution in [0, 0.1) is 10.1 Å². The number of carboxylic acids is 1. The smallest absolute Gasteiger partial charge is 0.339 e. The fourth-order valence-corrected chi connectivity index (χ4v) is 2.07. The van der Waals surface area contributed by atoms with Crippen molar-refractivity contribution in [3.63, 3.8) is 0 Å². The van der Waals surface area contributed by atoms with E-state index in [-0.39, 0.29) is 34.9 Å². The molecular formula is C16H14N2O7. The first-order valence-corrected chi connectivity index (χ1v) is 7.12. The topological polar surface area (TPSA) is 139 Å². The number of nitro benzene ring substituents is 1. The van der Waals surface area contributed by atoms with Crippen molar-refractivity contribution in [3.8, 4) is 11.5 Å². The quantitative estimate of drug-likeness (QED) is 0.415. The summed E-state index contributed by atoms with van der Waals surface area (Å²) in [6.45, 7) is 1.91. The molecule has 0 atom stereocenters. The third-order valence-corrected chi connectivity index (χ3v) is 3.20. The van der Waals surface area contributed by atoms with Crippen LogP contribution < -0.4 is 10.1 Å². The van der Waals surface area contributed by atoms with Gasteiger partial charge in [-0.1, -0.05) is 0 Å². The van der Waals surface area contributed by atoms with Crippen molar-refractivity contribution in [2.24, 2.45) is 0 Å². The predicted molar refractivity (Wildman–Crippen MR) is 87.3 cm³/mol. The second-order valence-corrected chi connectivity index (χ2v) is 4.86. The molecule has 130 valence electrons. The van der Waals surface area contributed by atoms with Crippen LogP contribution in [-0.2, 0) is 0 Å². The van der Waals surface area contributed by atoms with Gasteiger partial charge in [0.2, 0.25) is 0 Å². The van der Waals surface area contributed by atoms with Crippen molar-refractivity contribution < 1.29 is 29.5 Å². The molecule has 0 aliphatic carbocycles. The number of nitrogens with zero attached hydrogens (tertiary/aromatic N) is 1. The van der Waals surface area contributed by atoms with Crippen LogP contribution in [0.25, 0.3) is 0 Å². The largest absolute Gasteiger partial charge is 0.507 e. The van der Waals surface area contributed by atoms with Gasteiger partial charge in [-0.25, -0.2) is 4.79 Å². The Balaban J connectivity index is 2.29. The van der Waals surface area contributed by atoms with Crippen LogP contribution in [0.5, 0.6) is 11.5 Å². The van der Waals surface area contributed by atoms with Gasteiger partial charge in [0, 0.05) is 17.3 Å². The summed E-state index contributed by atoms with van der Waals surface area (Å²) in [4.78, 5) is 33.7. The maximum atomic E-state index is 12.2. The number of benzene rings is 2. The van der Waals surface area contributed by atoms with Gasteiger partial charge in [0.1, 0.15) is 11.3 Å². The molecule has 2 rings (SSSR count). The van der Waals surface area contributed by atoms with Gasteiger partial charge in [0.15, 0.2) is 5.75 Å². The maximum absolute atomic E-state index is 12.2. The summed E-state index contributed by atoms with van der Waals surface area (Å²) in [7, 11) is 0. The summed E-state index contributed by atoms with van der Waals surface area (Å²) < 4.78 is 5.14. The van der Waals surface area contributed by atoms with Gasteiger partial charge in [-0.2, -0.15) is 0 Å². The molecule has 2 aromatic rings. The molecule has 9 heteroatoms. The number of carboxylic acid groups (broad SMARTS) is 1. The average Bonchev–Trinajstić information content (AvgIpc) is 2.56. The second-order valence-electron chi connectivity index (χ2n) is 4.86. The lowest BCUT2D eigenvalue weighted by Gasteiger charge is -2.09. The molecule has 25 heavy (non-hydrogen) atoms. The summed E-state index contributed by atoms with van der Waals surface area (Å²) in [5.74, 6) is -2.43. The molecule has 0 bridgehead atoms. The Kier molecular flexibility index (Phi) is 5.18. The fourth-order valence-electron chi connectivity index (χ4n) is 2.07. The van der Waals surface area contributed by atoms with E-state index < -0.39 is 22.5 Å². The van der Waals surface area contributed by atoms with Gasteiger partial charge >= 0.3 is 11.7 Å². The highest BCUT2D eigenvalue weighted by molar-refractivity contribution is 6.05. The molecule has 0 aromatic heterocycles. The van der Waals surface area contributed by atoms with Crippen LogP contribution in [0.15, 0.2) is 36.4 Å². The van der Waals surface area contributed by atoms with E-state index in [2.05, 4.69) is 5.32 Å². The Morgan fingerprint density at radius 3 is 2.56 bits per heavy atom. The van der Waals surface area contributed by atoms with E-state index in [9.17, 15) is 24.8 Å². The van der Waals surface area contributed by atoms with Gasteiger partial charge in [0.25, 0.3) is 5.91 Å². The molecule has 0 radical (unpaired) electrons. The molecule has 0 heterocycles. The number of nitrogens with one attached hydrogen (secondary N) is 1. The number of hydrogen-bond acceptors (Lipinski definition) is 6. The molecule has 0 fully saturated rings. The Bertz CT molecular complexity index is 848. The molecule has 0 aliphatic rings. The second kappa shape index (κ2) is 7.30. The van der Waals surface area contributed by atoms with Crippen LogP contribution in [0.3, 0.4) is 0 Å². The van der Waals surface area contributed by atoms with Crippen LogP contribution in [0.2, 0.25) is 0 Å². The number of nitro groups is 1. The Morgan fingerprint density at radius 2 is 1.96 bits per heavy atom. The number of aromatic carboxylic acids is 1. The van der Waals surface area contributed by atoms with Crippen LogP contribution in [0.1, 0.15) is 27.6 Å². The molecule has 9 nitrogen and oxygen atoms in total. The molecule has 3 N–H and O–H groups in total. The van der Waals surface area contributed by atoms with E-state index in [1.807, 2.05) is 0 Å². The number of rotatable bonds is 6. The summed E-state index contributed by atoms with van der Waals surface area (Å²) in [6, 6.07) is 7.25. The van der Waals surface area contributed by atoms with Gasteiger partial charge in [0.05, 0.1) is 11.5 Å². The number of amides is 1. The zero-order valence-electron chi connectivity index (χ0n) is 13.1. The molecule has 0 saturated heterocycles. The van der Waals surface area contributed by atoms with Gasteiger partial charge in [-0.15, -0.1) is 0 Å². The van der Waals surface area contributed by atoms with E-state index in [1.54, 1.807) is 6.92 Å². The van der Waals surface area contributed by atoms with Crippen molar-refractivity contribution in [3.05, 3.63) is 57.6 Å². The zero-order valence-corrected chi connectivity index (χ0v) is 13.1.